The molecule has 180 valence electrons. The van der Waals surface area contributed by atoms with Crippen molar-refractivity contribution in [2.45, 2.75) is 102 Å². The lowest BCUT2D eigenvalue weighted by atomic mass is 9.46. The molecule has 1 heterocycles. The van der Waals surface area contributed by atoms with Crippen LogP contribution in [0.25, 0.3) is 0 Å². The largest absolute Gasteiger partial charge is 0.390 e. The van der Waals surface area contributed by atoms with Gasteiger partial charge in [0, 0.05) is 30.5 Å². The Hall–Kier alpha value is -0.790. The van der Waals surface area contributed by atoms with Crippen LogP contribution >= 0.6 is 0 Å². The van der Waals surface area contributed by atoms with E-state index in [-0.39, 0.29) is 29.1 Å². The predicted octanol–water partition coefficient (Wildman–Crippen LogP) is 2.35. The van der Waals surface area contributed by atoms with E-state index in [4.69, 9.17) is 4.74 Å². The molecule has 0 bridgehead atoms. The van der Waals surface area contributed by atoms with Gasteiger partial charge >= 0.3 is 0 Å². The molecule has 1 saturated heterocycles. The second-order valence-corrected chi connectivity index (χ2v) is 12.0. The highest BCUT2D eigenvalue weighted by molar-refractivity contribution is 5.95. The van der Waals surface area contributed by atoms with Gasteiger partial charge in [-0.15, -0.1) is 0 Å². The molecule has 5 rings (SSSR count). The molecule has 10 atom stereocenters. The third-order valence-electron chi connectivity index (χ3n) is 10.5. The molecule has 4 fully saturated rings. The number of carbonyl (C=O) groups excluding carboxylic acids is 1. The zero-order valence-electron chi connectivity index (χ0n) is 19.8. The quantitative estimate of drug-likeness (QED) is 0.528. The van der Waals surface area contributed by atoms with Crippen molar-refractivity contribution in [2.75, 3.05) is 13.2 Å². The second-order valence-electron chi connectivity index (χ2n) is 12.0. The Labute approximate surface area is 191 Å². The second kappa shape index (κ2) is 7.88. The molecule has 0 aromatic rings. The van der Waals surface area contributed by atoms with Crippen molar-refractivity contribution in [2.24, 2.45) is 28.6 Å². The fourth-order valence-electron chi connectivity index (χ4n) is 8.48. The highest BCUT2D eigenvalue weighted by Gasteiger charge is 2.66. The number of carbonyl (C=O) groups is 1. The molecular formula is C26H41NO5. The van der Waals surface area contributed by atoms with Gasteiger partial charge in [-0.05, 0) is 87.2 Å². The summed E-state index contributed by atoms with van der Waals surface area (Å²) in [6.07, 6.45) is 6.84. The highest BCUT2D eigenvalue weighted by Crippen LogP contribution is 2.67. The van der Waals surface area contributed by atoms with E-state index in [0.717, 1.165) is 50.8 Å². The molecule has 0 aromatic carbocycles. The van der Waals surface area contributed by atoms with E-state index in [1.165, 1.54) is 0 Å². The zero-order chi connectivity index (χ0) is 22.9. The van der Waals surface area contributed by atoms with E-state index in [1.807, 2.05) is 0 Å². The Morgan fingerprint density at radius 2 is 1.94 bits per heavy atom. The Balaban J connectivity index is 1.41. The first kappa shape index (κ1) is 23.0. The van der Waals surface area contributed by atoms with E-state index in [1.54, 1.807) is 6.08 Å². The van der Waals surface area contributed by atoms with Gasteiger partial charge in [0.15, 0.2) is 5.78 Å². The maximum absolute atomic E-state index is 13.2. The minimum atomic E-state index is -0.981. The Kier molecular flexibility index (Phi) is 5.65. The fraction of sp³-hybridized carbons (Fsp3) is 0.885. The summed E-state index contributed by atoms with van der Waals surface area (Å²) < 4.78 is 5.78. The number of hydrogen-bond donors (Lipinski definition) is 4. The van der Waals surface area contributed by atoms with Gasteiger partial charge in [0.05, 0.1) is 23.9 Å². The van der Waals surface area contributed by atoms with Crippen LogP contribution < -0.4 is 5.32 Å². The molecule has 32 heavy (non-hydrogen) atoms. The molecule has 5 aliphatic rings. The molecule has 0 spiro atoms. The Morgan fingerprint density at radius 3 is 2.66 bits per heavy atom. The van der Waals surface area contributed by atoms with Gasteiger partial charge in [0.2, 0.25) is 0 Å². The minimum absolute atomic E-state index is 0.0235. The van der Waals surface area contributed by atoms with Crippen LogP contribution in [0.4, 0.5) is 0 Å². The summed E-state index contributed by atoms with van der Waals surface area (Å²) in [4.78, 5) is 13.2. The smallest absolute Gasteiger partial charge is 0.159 e. The van der Waals surface area contributed by atoms with Gasteiger partial charge in [-0.25, -0.2) is 0 Å². The van der Waals surface area contributed by atoms with Crippen molar-refractivity contribution in [3.05, 3.63) is 11.6 Å². The first-order valence-electron chi connectivity index (χ1n) is 12.8. The number of hydrogen-bond acceptors (Lipinski definition) is 6. The number of nitrogens with one attached hydrogen (secondary N) is 1. The first-order chi connectivity index (χ1) is 15.1. The van der Waals surface area contributed by atoms with Crippen molar-refractivity contribution in [3.63, 3.8) is 0 Å². The van der Waals surface area contributed by atoms with Crippen LogP contribution in [0.1, 0.15) is 72.1 Å². The van der Waals surface area contributed by atoms with Crippen molar-refractivity contribution >= 4 is 5.78 Å². The van der Waals surface area contributed by atoms with Gasteiger partial charge in [-0.2, -0.15) is 0 Å². The average molecular weight is 448 g/mol. The lowest BCUT2D eigenvalue weighted by Gasteiger charge is -2.60. The summed E-state index contributed by atoms with van der Waals surface area (Å²) >= 11 is 0. The van der Waals surface area contributed by atoms with Crippen LogP contribution in [-0.4, -0.2) is 64.2 Å². The van der Waals surface area contributed by atoms with Crippen LogP contribution in [-0.2, 0) is 9.53 Å². The van der Waals surface area contributed by atoms with E-state index >= 15 is 0 Å². The number of aliphatic hydroxyl groups is 3. The normalized spacial score (nSPS) is 51.6. The van der Waals surface area contributed by atoms with Gasteiger partial charge in [0.1, 0.15) is 0 Å². The number of ether oxygens (including phenoxy) is 1. The zero-order valence-corrected chi connectivity index (χ0v) is 19.8. The standard InChI is InChI=1S/C26H41NO5/c1-15(27-14-16-5-4-10-32-16)17-7-9-26(31)19-11-21(28)20-12-22(29)23(30)13-24(20,2)18(19)6-8-25(17,26)3/h11,15-18,20,22-23,27,29-31H,4-10,12-14H2,1-3H3/t15?,16?,17-,18?,20+,22-,23+,24-,25-,26-/m1/s1. The van der Waals surface area contributed by atoms with E-state index in [0.29, 0.717) is 31.3 Å². The van der Waals surface area contributed by atoms with Gasteiger partial charge in [-0.1, -0.05) is 13.8 Å². The molecule has 6 nitrogen and oxygen atoms in total. The molecule has 6 heteroatoms. The number of rotatable bonds is 4. The van der Waals surface area contributed by atoms with E-state index in [2.05, 4.69) is 26.1 Å². The fourth-order valence-corrected chi connectivity index (χ4v) is 8.48. The number of aliphatic hydroxyl groups excluding tert-OH is 2. The summed E-state index contributed by atoms with van der Waals surface area (Å²) in [5, 5.41) is 36.6. The van der Waals surface area contributed by atoms with Crippen molar-refractivity contribution in [1.29, 1.82) is 0 Å². The third kappa shape index (κ3) is 3.20. The SMILES string of the molecule is CC(NCC1CCCO1)[C@H]1CC[C@@]2(O)C3=CC(=O)[C@@H]4C[C@@H](O)[C@@H](O)C[C@]4(C)C3CC[C@]12C. The van der Waals surface area contributed by atoms with E-state index in [9.17, 15) is 20.1 Å². The lowest BCUT2D eigenvalue weighted by molar-refractivity contribution is -0.152. The number of ketones is 1. The van der Waals surface area contributed by atoms with Crippen molar-refractivity contribution in [3.8, 4) is 0 Å². The number of fused-ring (bicyclic) bond motifs is 5. The summed E-state index contributed by atoms with van der Waals surface area (Å²) in [5.41, 5.74) is -0.759. The monoisotopic (exact) mass is 447 g/mol. The maximum atomic E-state index is 13.2. The van der Waals surface area contributed by atoms with Crippen LogP contribution in [0.5, 0.6) is 0 Å². The van der Waals surface area contributed by atoms with Crippen molar-refractivity contribution in [1.82, 2.24) is 5.32 Å². The average Bonchev–Trinajstić information content (AvgIpc) is 3.35. The van der Waals surface area contributed by atoms with Gasteiger partial charge in [-0.3, -0.25) is 4.79 Å². The minimum Gasteiger partial charge on any atom is -0.390 e. The molecule has 3 unspecified atom stereocenters. The molecule has 4 N–H and O–H groups in total. The van der Waals surface area contributed by atoms with E-state index < -0.39 is 23.2 Å². The van der Waals surface area contributed by atoms with Gasteiger partial charge in [0.25, 0.3) is 0 Å². The molecule has 3 saturated carbocycles. The first-order valence-corrected chi connectivity index (χ1v) is 12.8. The topological polar surface area (TPSA) is 99.0 Å². The molecule has 0 radical (unpaired) electrons. The highest BCUT2D eigenvalue weighted by atomic mass is 16.5. The molecule has 0 amide bonds. The lowest BCUT2D eigenvalue weighted by Crippen LogP contribution is -2.61. The molecule has 0 aromatic heterocycles. The summed E-state index contributed by atoms with van der Waals surface area (Å²) in [6, 6.07) is 0.268. The maximum Gasteiger partial charge on any atom is 0.159 e. The molecular weight excluding hydrogens is 406 g/mol. The van der Waals surface area contributed by atoms with Crippen LogP contribution in [0.15, 0.2) is 11.6 Å². The molecule has 4 aliphatic carbocycles. The Morgan fingerprint density at radius 1 is 1.16 bits per heavy atom. The summed E-state index contributed by atoms with van der Waals surface area (Å²) in [5.74, 6) is 0.164. The van der Waals surface area contributed by atoms with Gasteiger partial charge < -0.3 is 25.4 Å². The molecule has 1 aliphatic heterocycles. The number of allylic oxidation sites excluding steroid dienone is 1. The van der Waals surface area contributed by atoms with Crippen LogP contribution in [0.3, 0.4) is 0 Å². The van der Waals surface area contributed by atoms with Crippen LogP contribution in [0.2, 0.25) is 0 Å². The van der Waals surface area contributed by atoms with Crippen molar-refractivity contribution < 1.29 is 24.9 Å². The van der Waals surface area contributed by atoms with Crippen LogP contribution in [0, 0.1) is 28.6 Å². The Bertz CT molecular complexity index is 793. The predicted molar refractivity (Wildman–Crippen MR) is 121 cm³/mol. The summed E-state index contributed by atoms with van der Waals surface area (Å²) in [7, 11) is 0. The third-order valence-corrected chi connectivity index (χ3v) is 10.5. The summed E-state index contributed by atoms with van der Waals surface area (Å²) in [6.45, 7) is 8.28.